The maximum atomic E-state index is 12.9. The van der Waals surface area contributed by atoms with E-state index in [0.29, 0.717) is 19.4 Å². The first kappa shape index (κ1) is 14.1. The second-order valence-electron chi connectivity index (χ2n) is 6.22. The Morgan fingerprint density at radius 2 is 2.05 bits per heavy atom. The van der Waals surface area contributed by atoms with Gasteiger partial charge in [0, 0.05) is 13.1 Å². The van der Waals surface area contributed by atoms with Gasteiger partial charge in [-0.15, -0.1) is 0 Å². The zero-order valence-corrected chi connectivity index (χ0v) is 12.2. The Bertz CT molecular complexity index is 560. The van der Waals surface area contributed by atoms with Gasteiger partial charge in [0.05, 0.1) is 5.41 Å². The summed E-state index contributed by atoms with van der Waals surface area (Å²) in [7, 11) is 0. The number of carboxylic acid groups (broad SMARTS) is 1. The molecule has 1 amide bonds. The molecule has 0 spiro atoms. The second kappa shape index (κ2) is 5.15. The molecule has 0 aromatic heterocycles. The third-order valence-electron chi connectivity index (χ3n) is 4.63. The SMILES string of the molecule is C[C@@]1(Cc2ccccc2)CCN2CC[C@@H](C(=O)O)N2C1=O. The van der Waals surface area contributed by atoms with Crippen LogP contribution in [0.25, 0.3) is 0 Å². The Labute approximate surface area is 124 Å². The molecule has 5 nitrogen and oxygen atoms in total. The predicted molar refractivity (Wildman–Crippen MR) is 77.3 cm³/mol. The summed E-state index contributed by atoms with van der Waals surface area (Å²) in [5, 5.41) is 12.7. The lowest BCUT2D eigenvalue weighted by atomic mass is 9.78. The Hall–Kier alpha value is -1.88. The zero-order chi connectivity index (χ0) is 15.0. The van der Waals surface area contributed by atoms with E-state index in [0.717, 1.165) is 18.5 Å². The molecule has 0 saturated carbocycles. The number of benzene rings is 1. The molecule has 1 aromatic carbocycles. The number of amides is 1. The van der Waals surface area contributed by atoms with E-state index in [2.05, 4.69) is 0 Å². The summed E-state index contributed by atoms with van der Waals surface area (Å²) in [6.07, 6.45) is 1.94. The van der Waals surface area contributed by atoms with Gasteiger partial charge in [0.25, 0.3) is 0 Å². The largest absolute Gasteiger partial charge is 0.480 e. The van der Waals surface area contributed by atoms with Gasteiger partial charge in [0.15, 0.2) is 0 Å². The Morgan fingerprint density at radius 1 is 1.33 bits per heavy atom. The van der Waals surface area contributed by atoms with Gasteiger partial charge < -0.3 is 5.11 Å². The van der Waals surface area contributed by atoms with Gasteiger partial charge in [0.2, 0.25) is 5.91 Å². The van der Waals surface area contributed by atoms with Crippen molar-refractivity contribution in [2.45, 2.75) is 32.2 Å². The van der Waals surface area contributed by atoms with Crippen molar-refractivity contribution >= 4 is 11.9 Å². The molecule has 3 rings (SSSR count). The molecule has 5 heteroatoms. The quantitative estimate of drug-likeness (QED) is 0.916. The number of carbonyl (C=O) groups excluding carboxylic acids is 1. The van der Waals surface area contributed by atoms with Crippen LogP contribution in [0.4, 0.5) is 0 Å². The van der Waals surface area contributed by atoms with Gasteiger partial charge in [-0.2, -0.15) is 0 Å². The summed E-state index contributed by atoms with van der Waals surface area (Å²) in [6, 6.07) is 9.22. The van der Waals surface area contributed by atoms with Crippen LogP contribution in [0, 0.1) is 5.41 Å². The molecule has 0 unspecified atom stereocenters. The van der Waals surface area contributed by atoms with Crippen LogP contribution >= 0.6 is 0 Å². The summed E-state index contributed by atoms with van der Waals surface area (Å²) in [5.41, 5.74) is 0.600. The number of hydrogen-bond donors (Lipinski definition) is 1. The molecule has 2 aliphatic heterocycles. The molecular formula is C16H20N2O3. The number of rotatable bonds is 3. The number of carboxylic acids is 1. The van der Waals surface area contributed by atoms with E-state index in [9.17, 15) is 14.7 Å². The average molecular weight is 288 g/mol. The van der Waals surface area contributed by atoms with E-state index in [1.54, 1.807) is 0 Å². The summed E-state index contributed by atoms with van der Waals surface area (Å²) in [4.78, 5) is 24.2. The number of hydrazine groups is 1. The van der Waals surface area contributed by atoms with Gasteiger partial charge in [0.1, 0.15) is 6.04 Å². The van der Waals surface area contributed by atoms with E-state index in [-0.39, 0.29) is 5.91 Å². The van der Waals surface area contributed by atoms with E-state index in [4.69, 9.17) is 0 Å². The number of aliphatic carboxylic acids is 1. The first-order valence-corrected chi connectivity index (χ1v) is 7.36. The van der Waals surface area contributed by atoms with Crippen molar-refractivity contribution in [2.24, 2.45) is 5.41 Å². The number of nitrogens with zero attached hydrogens (tertiary/aromatic N) is 2. The lowest BCUT2D eigenvalue weighted by Crippen LogP contribution is -2.58. The molecule has 1 N–H and O–H groups in total. The van der Waals surface area contributed by atoms with Crippen molar-refractivity contribution in [1.82, 2.24) is 10.0 Å². The van der Waals surface area contributed by atoms with Crippen LogP contribution in [0.2, 0.25) is 0 Å². The highest BCUT2D eigenvalue weighted by Gasteiger charge is 2.50. The third kappa shape index (κ3) is 2.42. The van der Waals surface area contributed by atoms with E-state index >= 15 is 0 Å². The maximum Gasteiger partial charge on any atom is 0.328 e. The first-order valence-electron chi connectivity index (χ1n) is 7.36. The van der Waals surface area contributed by atoms with Gasteiger partial charge in [-0.3, -0.25) is 9.80 Å². The zero-order valence-electron chi connectivity index (χ0n) is 12.2. The van der Waals surface area contributed by atoms with Crippen LogP contribution in [0.3, 0.4) is 0 Å². The van der Waals surface area contributed by atoms with E-state index < -0.39 is 17.4 Å². The van der Waals surface area contributed by atoms with Gasteiger partial charge >= 0.3 is 5.97 Å². The van der Waals surface area contributed by atoms with Gasteiger partial charge in [-0.25, -0.2) is 9.80 Å². The molecule has 2 fully saturated rings. The number of fused-ring (bicyclic) bond motifs is 1. The molecule has 2 aliphatic rings. The highest BCUT2D eigenvalue weighted by atomic mass is 16.4. The normalized spacial score (nSPS) is 29.5. The van der Waals surface area contributed by atoms with Crippen LogP contribution in [0.1, 0.15) is 25.3 Å². The summed E-state index contributed by atoms with van der Waals surface area (Å²) < 4.78 is 0. The topological polar surface area (TPSA) is 60.9 Å². The van der Waals surface area contributed by atoms with Crippen LogP contribution in [0.15, 0.2) is 30.3 Å². The molecule has 2 heterocycles. The highest BCUT2D eigenvalue weighted by molar-refractivity contribution is 5.88. The van der Waals surface area contributed by atoms with Crippen molar-refractivity contribution in [3.63, 3.8) is 0 Å². The molecule has 112 valence electrons. The predicted octanol–water partition coefficient (Wildman–Crippen LogP) is 1.54. The lowest BCUT2D eigenvalue weighted by molar-refractivity contribution is -0.175. The monoisotopic (exact) mass is 288 g/mol. The second-order valence-corrected chi connectivity index (χ2v) is 6.22. The summed E-state index contributed by atoms with van der Waals surface area (Å²) in [5.74, 6) is -0.961. The van der Waals surface area contributed by atoms with E-state index in [1.165, 1.54) is 5.01 Å². The Kier molecular flexibility index (Phi) is 3.45. The molecule has 2 atom stereocenters. The smallest absolute Gasteiger partial charge is 0.328 e. The van der Waals surface area contributed by atoms with Crippen LogP contribution < -0.4 is 0 Å². The average Bonchev–Trinajstić information content (AvgIpc) is 2.89. The van der Waals surface area contributed by atoms with Gasteiger partial charge in [-0.05, 0) is 24.8 Å². The fourth-order valence-electron chi connectivity index (χ4n) is 3.39. The maximum absolute atomic E-state index is 12.9. The minimum atomic E-state index is -0.908. The summed E-state index contributed by atoms with van der Waals surface area (Å²) >= 11 is 0. The fourth-order valence-corrected chi connectivity index (χ4v) is 3.39. The van der Waals surface area contributed by atoms with Crippen molar-refractivity contribution < 1.29 is 14.7 Å². The Balaban J connectivity index is 1.84. The van der Waals surface area contributed by atoms with Crippen molar-refractivity contribution in [3.8, 4) is 0 Å². The van der Waals surface area contributed by atoms with Crippen LogP contribution in [-0.4, -0.2) is 46.1 Å². The lowest BCUT2D eigenvalue weighted by Gasteiger charge is -2.44. The minimum absolute atomic E-state index is 0.0532. The molecule has 2 saturated heterocycles. The van der Waals surface area contributed by atoms with E-state index in [1.807, 2.05) is 42.3 Å². The van der Waals surface area contributed by atoms with Crippen molar-refractivity contribution in [3.05, 3.63) is 35.9 Å². The molecular weight excluding hydrogens is 268 g/mol. The molecule has 21 heavy (non-hydrogen) atoms. The number of carbonyl (C=O) groups is 2. The molecule has 0 aliphatic carbocycles. The molecule has 0 bridgehead atoms. The fraction of sp³-hybridized carbons (Fsp3) is 0.500. The first-order chi connectivity index (χ1) is 10.0. The van der Waals surface area contributed by atoms with Crippen molar-refractivity contribution in [2.75, 3.05) is 13.1 Å². The highest BCUT2D eigenvalue weighted by Crippen LogP contribution is 2.37. The summed E-state index contributed by atoms with van der Waals surface area (Å²) in [6.45, 7) is 3.36. The van der Waals surface area contributed by atoms with Crippen LogP contribution in [-0.2, 0) is 16.0 Å². The molecule has 1 aromatic rings. The van der Waals surface area contributed by atoms with Gasteiger partial charge in [-0.1, -0.05) is 37.3 Å². The standard InChI is InChI=1S/C16H20N2O3/c1-16(11-12-5-3-2-4-6-12)8-10-17-9-7-13(14(19)20)18(17)15(16)21/h2-6,13H,7-11H2,1H3,(H,19,20)/t13-,16-/m0/s1. The van der Waals surface area contributed by atoms with Crippen molar-refractivity contribution in [1.29, 1.82) is 0 Å². The minimum Gasteiger partial charge on any atom is -0.480 e. The number of hydrogen-bond acceptors (Lipinski definition) is 3. The molecule has 0 radical (unpaired) electrons. The third-order valence-corrected chi connectivity index (χ3v) is 4.63. The van der Waals surface area contributed by atoms with Crippen LogP contribution in [0.5, 0.6) is 0 Å². The Morgan fingerprint density at radius 3 is 2.71 bits per heavy atom.